The number of methoxy groups -OCH3 is 1. The number of ether oxygens (including phenoxy) is 1. The predicted octanol–water partition coefficient (Wildman–Crippen LogP) is 2.13. The van der Waals surface area contributed by atoms with Gasteiger partial charge in [-0.25, -0.2) is 4.68 Å². The smallest absolute Gasteiger partial charge is 0.278 e. The Hall–Kier alpha value is -4.32. The van der Waals surface area contributed by atoms with Crippen LogP contribution in [0, 0.1) is 17.0 Å². The summed E-state index contributed by atoms with van der Waals surface area (Å²) in [5, 5.41) is 21.8. The van der Waals surface area contributed by atoms with Crippen LogP contribution in [-0.2, 0) is 0 Å². The van der Waals surface area contributed by atoms with Gasteiger partial charge in [0.05, 0.1) is 29.1 Å². The first-order valence-electron chi connectivity index (χ1n) is 10.9. The molecule has 0 spiro atoms. The van der Waals surface area contributed by atoms with Crippen LogP contribution in [0.1, 0.15) is 26.5 Å². The summed E-state index contributed by atoms with van der Waals surface area (Å²) in [5.74, 6) is -0.289. The number of nitro groups is 1. The highest BCUT2D eigenvalue weighted by molar-refractivity contribution is 6.05. The lowest BCUT2D eigenvalue weighted by Crippen LogP contribution is -2.47. The number of nitrogens with zero attached hydrogens (tertiary/aromatic N) is 6. The van der Waals surface area contributed by atoms with Crippen LogP contribution in [-0.4, -0.2) is 81.9 Å². The molecule has 1 fully saturated rings. The van der Waals surface area contributed by atoms with E-state index in [1.54, 1.807) is 36.1 Å². The summed E-state index contributed by atoms with van der Waals surface area (Å²) in [5.41, 5.74) is 1.49. The number of likely N-dealkylation sites (N-methyl/N-ethyl adjacent to an activating group) is 1. The van der Waals surface area contributed by atoms with Crippen LogP contribution in [0.2, 0.25) is 0 Å². The summed E-state index contributed by atoms with van der Waals surface area (Å²) in [4.78, 5) is 40.6. The number of aromatic nitrogens is 3. The fraction of sp³-hybridized carbons (Fsp3) is 0.304. The number of carbonyl (C=O) groups excluding carboxylic acids is 2. The fourth-order valence-corrected chi connectivity index (χ4v) is 3.83. The normalized spacial score (nSPS) is 14.0. The number of amides is 2. The number of carbonyl (C=O) groups is 2. The molecule has 3 aromatic rings. The van der Waals surface area contributed by atoms with E-state index in [1.807, 2.05) is 7.05 Å². The quantitative estimate of drug-likeness (QED) is 0.420. The molecule has 1 aliphatic heterocycles. The molecule has 1 N–H and O–H groups in total. The van der Waals surface area contributed by atoms with Crippen molar-refractivity contribution in [2.45, 2.75) is 6.92 Å². The van der Waals surface area contributed by atoms with Crippen LogP contribution in [0.25, 0.3) is 5.69 Å². The molecule has 2 aromatic carbocycles. The van der Waals surface area contributed by atoms with Gasteiger partial charge in [-0.2, -0.15) is 0 Å². The zero-order chi connectivity index (χ0) is 25.1. The average molecular weight is 479 g/mol. The lowest BCUT2D eigenvalue weighted by atomic mass is 10.1. The second-order valence-electron chi connectivity index (χ2n) is 8.18. The van der Waals surface area contributed by atoms with Gasteiger partial charge in [0.1, 0.15) is 5.75 Å². The van der Waals surface area contributed by atoms with E-state index in [0.29, 0.717) is 41.5 Å². The molecule has 1 aliphatic rings. The maximum absolute atomic E-state index is 13.1. The van der Waals surface area contributed by atoms with E-state index in [9.17, 15) is 19.7 Å². The van der Waals surface area contributed by atoms with Gasteiger partial charge in [-0.15, -0.1) is 5.10 Å². The van der Waals surface area contributed by atoms with Gasteiger partial charge in [-0.1, -0.05) is 11.3 Å². The molecule has 0 atom stereocenters. The van der Waals surface area contributed by atoms with Crippen molar-refractivity contribution in [1.82, 2.24) is 24.8 Å². The van der Waals surface area contributed by atoms with Crippen molar-refractivity contribution in [2.75, 3.05) is 45.7 Å². The molecule has 2 amide bonds. The van der Waals surface area contributed by atoms with Crippen LogP contribution in [0.15, 0.2) is 42.5 Å². The molecule has 0 bridgehead atoms. The number of hydrogen-bond acceptors (Lipinski definition) is 8. The number of nitrogens with one attached hydrogen (secondary N) is 1. The summed E-state index contributed by atoms with van der Waals surface area (Å²) < 4.78 is 6.72. The highest BCUT2D eigenvalue weighted by atomic mass is 16.6. The van der Waals surface area contributed by atoms with E-state index in [4.69, 9.17) is 4.74 Å². The van der Waals surface area contributed by atoms with E-state index in [-0.39, 0.29) is 17.3 Å². The third-order valence-electron chi connectivity index (χ3n) is 5.88. The molecule has 12 heteroatoms. The van der Waals surface area contributed by atoms with Gasteiger partial charge in [0.2, 0.25) is 0 Å². The van der Waals surface area contributed by atoms with Gasteiger partial charge in [0.15, 0.2) is 5.69 Å². The molecular formula is C23H25N7O5. The topological polar surface area (TPSA) is 136 Å². The summed E-state index contributed by atoms with van der Waals surface area (Å²) in [6, 6.07) is 10.8. The second kappa shape index (κ2) is 9.89. The predicted molar refractivity (Wildman–Crippen MR) is 127 cm³/mol. The van der Waals surface area contributed by atoms with E-state index in [0.717, 1.165) is 13.1 Å². The van der Waals surface area contributed by atoms with Gasteiger partial charge in [0.25, 0.3) is 17.5 Å². The number of non-ortho nitro benzene ring substituents is 1. The van der Waals surface area contributed by atoms with Crippen LogP contribution in [0.4, 0.5) is 11.4 Å². The van der Waals surface area contributed by atoms with Gasteiger partial charge < -0.3 is 19.9 Å². The Morgan fingerprint density at radius 3 is 2.54 bits per heavy atom. The molecule has 182 valence electrons. The molecule has 35 heavy (non-hydrogen) atoms. The number of rotatable bonds is 6. The first kappa shape index (κ1) is 23.8. The Morgan fingerprint density at radius 2 is 1.86 bits per heavy atom. The molecule has 12 nitrogen and oxygen atoms in total. The van der Waals surface area contributed by atoms with E-state index >= 15 is 0 Å². The number of piperazine rings is 1. The highest BCUT2D eigenvalue weighted by Gasteiger charge is 2.23. The van der Waals surface area contributed by atoms with Crippen LogP contribution in [0.5, 0.6) is 5.75 Å². The Kier molecular flexibility index (Phi) is 6.73. The molecule has 0 radical (unpaired) electrons. The minimum Gasteiger partial charge on any atom is -0.495 e. The molecule has 1 aromatic heterocycles. The van der Waals surface area contributed by atoms with E-state index < -0.39 is 10.8 Å². The van der Waals surface area contributed by atoms with Crippen molar-refractivity contribution in [1.29, 1.82) is 0 Å². The van der Waals surface area contributed by atoms with Crippen molar-refractivity contribution in [3.8, 4) is 11.4 Å². The van der Waals surface area contributed by atoms with Crippen LogP contribution >= 0.6 is 0 Å². The average Bonchev–Trinajstić information content (AvgIpc) is 3.25. The molecule has 2 heterocycles. The van der Waals surface area contributed by atoms with Gasteiger partial charge in [-0.05, 0) is 38.2 Å². The van der Waals surface area contributed by atoms with Crippen molar-refractivity contribution < 1.29 is 19.2 Å². The van der Waals surface area contributed by atoms with E-state index in [2.05, 4.69) is 20.5 Å². The zero-order valence-electron chi connectivity index (χ0n) is 19.6. The second-order valence-corrected chi connectivity index (χ2v) is 8.18. The number of nitro benzene ring substituents is 1. The Morgan fingerprint density at radius 1 is 1.11 bits per heavy atom. The molecule has 1 saturated heterocycles. The van der Waals surface area contributed by atoms with E-state index in [1.165, 1.54) is 30.0 Å². The van der Waals surface area contributed by atoms with Crippen molar-refractivity contribution >= 4 is 23.2 Å². The maximum Gasteiger partial charge on any atom is 0.278 e. The molecule has 0 aliphatic carbocycles. The minimum atomic E-state index is -0.554. The van der Waals surface area contributed by atoms with Crippen molar-refractivity contribution in [3.05, 3.63) is 69.5 Å². The SMILES string of the molecule is COc1ccc(C(=O)N2CCN(C)CC2)cc1NC(=O)c1nnn(-c2cccc([N+](=O)[O-])c2)c1C. The standard InChI is InChI=1S/C23H25N7O5/c1-15-21(25-26-29(15)17-5-4-6-18(14-17)30(33)34)22(31)24-19-13-16(7-8-20(19)35-3)23(32)28-11-9-27(2)10-12-28/h4-8,13-14H,9-12H2,1-3H3,(H,24,31). The summed E-state index contributed by atoms with van der Waals surface area (Å²) in [7, 11) is 3.48. The first-order valence-corrected chi connectivity index (χ1v) is 10.9. The monoisotopic (exact) mass is 479 g/mol. The van der Waals surface area contributed by atoms with Gasteiger partial charge >= 0.3 is 0 Å². The minimum absolute atomic E-state index is 0.0364. The summed E-state index contributed by atoms with van der Waals surface area (Å²) >= 11 is 0. The molecule has 0 unspecified atom stereocenters. The summed E-state index contributed by atoms with van der Waals surface area (Å²) in [6.45, 7) is 4.49. The lowest BCUT2D eigenvalue weighted by molar-refractivity contribution is -0.384. The van der Waals surface area contributed by atoms with Gasteiger partial charge in [-0.3, -0.25) is 19.7 Å². The lowest BCUT2D eigenvalue weighted by Gasteiger charge is -2.32. The first-order chi connectivity index (χ1) is 16.8. The maximum atomic E-state index is 13.1. The third kappa shape index (κ3) is 4.96. The zero-order valence-corrected chi connectivity index (χ0v) is 19.6. The van der Waals surface area contributed by atoms with Crippen molar-refractivity contribution in [3.63, 3.8) is 0 Å². The Balaban J connectivity index is 1.57. The number of benzene rings is 2. The van der Waals surface area contributed by atoms with Gasteiger partial charge in [0, 0.05) is 43.9 Å². The van der Waals surface area contributed by atoms with Crippen molar-refractivity contribution in [2.24, 2.45) is 0 Å². The fourth-order valence-electron chi connectivity index (χ4n) is 3.83. The molecular weight excluding hydrogens is 454 g/mol. The summed E-state index contributed by atoms with van der Waals surface area (Å²) in [6.07, 6.45) is 0. The highest BCUT2D eigenvalue weighted by Crippen LogP contribution is 2.27. The molecule has 4 rings (SSSR count). The number of anilines is 1. The number of hydrogen-bond donors (Lipinski definition) is 1. The Labute approximate surface area is 201 Å². The third-order valence-corrected chi connectivity index (χ3v) is 5.88. The molecule has 0 saturated carbocycles. The largest absolute Gasteiger partial charge is 0.495 e. The van der Waals surface area contributed by atoms with Crippen LogP contribution in [0.3, 0.4) is 0 Å². The Bertz CT molecular complexity index is 1280. The van der Waals surface area contributed by atoms with Crippen LogP contribution < -0.4 is 10.1 Å².